The molecule has 1 saturated carbocycles. The molecule has 2 N–H and O–H groups in total. The van der Waals surface area contributed by atoms with E-state index in [2.05, 4.69) is 56.1 Å². The van der Waals surface area contributed by atoms with E-state index >= 15 is 0 Å². The van der Waals surface area contributed by atoms with Crippen LogP contribution >= 0.6 is 0 Å². The number of ketones is 1. The van der Waals surface area contributed by atoms with Gasteiger partial charge in [-0.3, -0.25) is 4.79 Å². The Morgan fingerprint density at radius 3 is 1.86 bits per heavy atom. The van der Waals surface area contributed by atoms with E-state index in [0.29, 0.717) is 30.6 Å². The molecule has 0 aromatic carbocycles. The van der Waals surface area contributed by atoms with Crippen LogP contribution in [-0.2, 0) is 9.53 Å². The molecule has 1 aliphatic rings. The fourth-order valence-corrected chi connectivity index (χ4v) is 3.84. The number of hydrogen-bond acceptors (Lipinski definition) is 3. The molecule has 0 spiro atoms. The van der Waals surface area contributed by atoms with Gasteiger partial charge in [0.2, 0.25) is 0 Å². The van der Waals surface area contributed by atoms with Crippen LogP contribution in [0.15, 0.2) is 0 Å². The lowest BCUT2D eigenvalue weighted by molar-refractivity contribution is -0.129. The van der Waals surface area contributed by atoms with Gasteiger partial charge in [-0.25, -0.2) is 0 Å². The molecule has 5 heteroatoms. The van der Waals surface area contributed by atoms with Gasteiger partial charge in [0, 0.05) is 18.4 Å². The lowest BCUT2D eigenvalue weighted by Gasteiger charge is -2.44. The zero-order chi connectivity index (χ0) is 22.5. The highest BCUT2D eigenvalue weighted by molar-refractivity contribution is 6.50. The first kappa shape index (κ1) is 26.8. The Kier molecular flexibility index (Phi) is 9.55. The summed E-state index contributed by atoms with van der Waals surface area (Å²) in [6.45, 7) is 20.2. The Bertz CT molecular complexity index is 529. The van der Waals surface area contributed by atoms with Crippen LogP contribution in [0.2, 0.25) is 22.3 Å². The summed E-state index contributed by atoms with van der Waals surface area (Å²) in [7, 11) is 5.13. The first-order valence-electron chi connectivity index (χ1n) is 11.8. The number of nitrogens with two attached hydrogens (primary N) is 1. The second kappa shape index (κ2) is 10.4. The van der Waals surface area contributed by atoms with Crippen LogP contribution in [0.25, 0.3) is 0 Å². The van der Waals surface area contributed by atoms with E-state index in [1.54, 1.807) is 0 Å². The first-order chi connectivity index (χ1) is 13.1. The smallest absolute Gasteiger partial charge is 0.138 e. The fraction of sp³-hybridized carbons (Fsp3) is 0.958. The maximum absolute atomic E-state index is 12.4. The third-order valence-electron chi connectivity index (χ3n) is 7.29. The quantitative estimate of drug-likeness (QED) is 0.268. The van der Waals surface area contributed by atoms with Crippen molar-refractivity contribution >= 4 is 20.3 Å². The van der Waals surface area contributed by atoms with Crippen LogP contribution in [0.4, 0.5) is 0 Å². The number of carbonyl (C=O) groups is 1. The van der Waals surface area contributed by atoms with E-state index in [9.17, 15) is 4.79 Å². The summed E-state index contributed by atoms with van der Waals surface area (Å²) < 4.78 is 6.02. The van der Waals surface area contributed by atoms with Crippen molar-refractivity contribution in [3.8, 4) is 0 Å². The summed E-state index contributed by atoms with van der Waals surface area (Å²) in [5.74, 6) is 1.68. The Balaban J connectivity index is 2.40. The molecule has 166 valence electrons. The fourth-order valence-electron chi connectivity index (χ4n) is 3.84. The first-order valence-corrected chi connectivity index (χ1v) is 11.8. The molecule has 3 atom stereocenters. The van der Waals surface area contributed by atoms with Gasteiger partial charge in [0.15, 0.2) is 0 Å². The minimum Gasteiger partial charge on any atom is -0.361 e. The zero-order valence-corrected chi connectivity index (χ0v) is 20.9. The van der Waals surface area contributed by atoms with Crippen LogP contribution in [-0.4, -0.2) is 32.7 Å². The molecule has 0 heterocycles. The van der Waals surface area contributed by atoms with Crippen LogP contribution in [0.5, 0.6) is 0 Å². The van der Waals surface area contributed by atoms with Crippen LogP contribution in [0.3, 0.4) is 0 Å². The van der Waals surface area contributed by atoms with E-state index < -0.39 is 5.72 Å². The Hall–Kier alpha value is -0.280. The molecular weight excluding hydrogens is 356 g/mol. The summed E-state index contributed by atoms with van der Waals surface area (Å²) in [6.07, 6.45) is 6.68. The second-order valence-electron chi connectivity index (χ2n) is 11.6. The summed E-state index contributed by atoms with van der Waals surface area (Å²) in [4.78, 5) is 12.4. The minimum absolute atomic E-state index is 0.129. The standard InChI is InChI=1S/C24H47B2NO2/c1-10-21(3,4)20(28)14-15-24(9,27)29-17-16-23(7,8)26-19-13-12-18(19)25-22(5,6)11-2/h18-19H,10-17,27H2,1-9H3. The number of hydrogen-bond donors (Lipinski definition) is 1. The summed E-state index contributed by atoms with van der Waals surface area (Å²) >= 11 is 0. The third-order valence-corrected chi connectivity index (χ3v) is 7.29. The molecule has 1 rings (SSSR count). The average Bonchev–Trinajstić information content (AvgIpc) is 2.61. The predicted octanol–water partition coefficient (Wildman–Crippen LogP) is 6.44. The van der Waals surface area contributed by atoms with Crippen molar-refractivity contribution in [2.75, 3.05) is 6.61 Å². The van der Waals surface area contributed by atoms with Gasteiger partial charge in [-0.05, 0) is 26.2 Å². The van der Waals surface area contributed by atoms with E-state index in [4.69, 9.17) is 10.5 Å². The molecule has 2 radical (unpaired) electrons. The van der Waals surface area contributed by atoms with Gasteiger partial charge in [-0.15, -0.1) is 0 Å². The lowest BCUT2D eigenvalue weighted by Crippen LogP contribution is -2.41. The molecule has 0 bridgehead atoms. The maximum Gasteiger partial charge on any atom is 0.138 e. The van der Waals surface area contributed by atoms with Crippen molar-refractivity contribution in [1.82, 2.24) is 0 Å². The molecule has 0 aliphatic heterocycles. The molecule has 1 aliphatic carbocycles. The van der Waals surface area contributed by atoms with Crippen molar-refractivity contribution in [3.63, 3.8) is 0 Å². The van der Waals surface area contributed by atoms with Gasteiger partial charge in [-0.2, -0.15) is 0 Å². The lowest BCUT2D eigenvalue weighted by atomic mass is 9.29. The normalized spacial score (nSPS) is 22.6. The SMILES string of the molecule is CCC(C)(C)[B]C1CCC1[B]C(C)(C)CCOC(C)(N)CCC(=O)C(C)(C)CC. The molecule has 1 fully saturated rings. The molecule has 3 nitrogen and oxygen atoms in total. The highest BCUT2D eigenvalue weighted by Crippen LogP contribution is 2.51. The minimum atomic E-state index is -0.743. The Morgan fingerprint density at radius 2 is 1.41 bits per heavy atom. The van der Waals surface area contributed by atoms with Gasteiger partial charge in [0.05, 0.1) is 0 Å². The predicted molar refractivity (Wildman–Crippen MR) is 128 cm³/mol. The van der Waals surface area contributed by atoms with Crippen molar-refractivity contribution in [1.29, 1.82) is 0 Å². The van der Waals surface area contributed by atoms with Crippen LogP contribution < -0.4 is 5.73 Å². The maximum atomic E-state index is 12.4. The van der Waals surface area contributed by atoms with Crippen LogP contribution in [0.1, 0.15) is 107 Å². The number of carbonyl (C=O) groups excluding carboxylic acids is 1. The number of rotatable bonds is 14. The van der Waals surface area contributed by atoms with Gasteiger partial charge >= 0.3 is 0 Å². The topological polar surface area (TPSA) is 52.3 Å². The number of ether oxygens (including phenoxy) is 1. The van der Waals surface area contributed by atoms with Crippen molar-refractivity contribution in [2.24, 2.45) is 11.1 Å². The summed E-state index contributed by atoms with van der Waals surface area (Å²) in [5.41, 5.74) is 5.32. The third kappa shape index (κ3) is 9.17. The second-order valence-corrected chi connectivity index (χ2v) is 11.6. The average molecular weight is 403 g/mol. The molecule has 0 saturated heterocycles. The van der Waals surface area contributed by atoms with Gasteiger partial charge in [-0.1, -0.05) is 96.9 Å². The van der Waals surface area contributed by atoms with Gasteiger partial charge in [0.25, 0.3) is 0 Å². The summed E-state index contributed by atoms with van der Waals surface area (Å²) in [6, 6.07) is 0. The van der Waals surface area contributed by atoms with E-state index in [-0.39, 0.29) is 16.5 Å². The monoisotopic (exact) mass is 403 g/mol. The van der Waals surface area contributed by atoms with Gasteiger partial charge < -0.3 is 10.5 Å². The van der Waals surface area contributed by atoms with E-state index in [1.807, 2.05) is 20.8 Å². The molecule has 0 amide bonds. The van der Waals surface area contributed by atoms with Crippen molar-refractivity contribution in [3.05, 3.63) is 0 Å². The molecular formula is C24H47B2NO2. The van der Waals surface area contributed by atoms with Crippen molar-refractivity contribution < 1.29 is 9.53 Å². The van der Waals surface area contributed by atoms with E-state index in [1.165, 1.54) is 19.3 Å². The summed E-state index contributed by atoms with van der Waals surface area (Å²) in [5, 5.41) is 0.458. The van der Waals surface area contributed by atoms with Gasteiger partial charge in [0.1, 0.15) is 26.1 Å². The van der Waals surface area contributed by atoms with E-state index in [0.717, 1.165) is 18.7 Å². The molecule has 3 unspecified atom stereocenters. The molecule has 0 aromatic heterocycles. The molecule has 0 aromatic rings. The Morgan fingerprint density at radius 1 is 0.897 bits per heavy atom. The van der Waals surface area contributed by atoms with Crippen molar-refractivity contribution in [2.45, 2.75) is 135 Å². The highest BCUT2D eigenvalue weighted by Gasteiger charge is 2.39. The number of Topliss-reactive ketones (excluding diaryl/α,β-unsaturated/α-hetero) is 1. The Labute approximate surface area is 183 Å². The zero-order valence-electron chi connectivity index (χ0n) is 20.9. The van der Waals surface area contributed by atoms with Crippen LogP contribution in [0, 0.1) is 5.41 Å². The molecule has 29 heavy (non-hydrogen) atoms. The highest BCUT2D eigenvalue weighted by atomic mass is 16.5. The largest absolute Gasteiger partial charge is 0.361 e.